The Kier molecular flexibility index (Phi) is 4.62. The van der Waals surface area contributed by atoms with Gasteiger partial charge in [-0.2, -0.15) is 5.26 Å². The molecule has 0 radical (unpaired) electrons. The van der Waals surface area contributed by atoms with Gasteiger partial charge in [0, 0.05) is 31.0 Å². The number of hydrogen-bond donors (Lipinski definition) is 2. The highest BCUT2D eigenvalue weighted by Gasteiger charge is 2.05. The highest BCUT2D eigenvalue weighted by Crippen LogP contribution is 2.03. The summed E-state index contributed by atoms with van der Waals surface area (Å²) in [5.74, 6) is 0.311. The van der Waals surface area contributed by atoms with E-state index in [1.165, 1.54) is 0 Å². The molecule has 6 heteroatoms. The van der Waals surface area contributed by atoms with Crippen molar-refractivity contribution in [3.8, 4) is 6.07 Å². The zero-order valence-electron chi connectivity index (χ0n) is 10.7. The molecule has 2 N–H and O–H groups in total. The Morgan fingerprint density at radius 2 is 2.00 bits per heavy atom. The molecular weight excluding hydrogens is 254 g/mol. The summed E-state index contributed by atoms with van der Waals surface area (Å²) in [7, 11) is 0. The van der Waals surface area contributed by atoms with E-state index in [0.29, 0.717) is 30.2 Å². The lowest BCUT2D eigenvalue weighted by Crippen LogP contribution is -2.29. The minimum atomic E-state index is -0.210. The van der Waals surface area contributed by atoms with Crippen LogP contribution >= 0.6 is 0 Å². The van der Waals surface area contributed by atoms with Gasteiger partial charge in [0.15, 0.2) is 0 Å². The highest BCUT2D eigenvalue weighted by atomic mass is 16.1. The predicted octanol–water partition coefficient (Wildman–Crippen LogP) is 1.19. The lowest BCUT2D eigenvalue weighted by Gasteiger charge is -2.06. The van der Waals surface area contributed by atoms with Crippen LogP contribution in [0.4, 0.5) is 5.95 Å². The first-order valence-corrected chi connectivity index (χ1v) is 6.09. The first-order valence-electron chi connectivity index (χ1n) is 6.09. The number of rotatable bonds is 5. The molecule has 0 aliphatic heterocycles. The van der Waals surface area contributed by atoms with Gasteiger partial charge in [-0.25, -0.2) is 9.97 Å². The van der Waals surface area contributed by atoms with Crippen LogP contribution in [-0.2, 0) is 0 Å². The SMILES string of the molecule is N#Cc1cccc(C(=O)NCCNc2ncccn2)c1. The average Bonchev–Trinajstić information content (AvgIpc) is 2.52. The lowest BCUT2D eigenvalue weighted by molar-refractivity contribution is 0.0955. The van der Waals surface area contributed by atoms with Crippen LogP contribution in [0.2, 0.25) is 0 Å². The number of anilines is 1. The molecule has 0 spiro atoms. The predicted molar refractivity (Wildman–Crippen MR) is 74.0 cm³/mol. The summed E-state index contributed by atoms with van der Waals surface area (Å²) in [6.07, 6.45) is 3.28. The number of benzene rings is 1. The third-order valence-electron chi connectivity index (χ3n) is 2.51. The molecule has 0 fully saturated rings. The van der Waals surface area contributed by atoms with Gasteiger partial charge in [-0.3, -0.25) is 4.79 Å². The van der Waals surface area contributed by atoms with E-state index >= 15 is 0 Å². The van der Waals surface area contributed by atoms with Crippen molar-refractivity contribution in [3.05, 3.63) is 53.9 Å². The van der Waals surface area contributed by atoms with Gasteiger partial charge in [-0.15, -0.1) is 0 Å². The number of nitriles is 1. The van der Waals surface area contributed by atoms with Gasteiger partial charge < -0.3 is 10.6 Å². The largest absolute Gasteiger partial charge is 0.352 e. The summed E-state index contributed by atoms with van der Waals surface area (Å²) in [5, 5.41) is 14.5. The van der Waals surface area contributed by atoms with E-state index in [1.807, 2.05) is 6.07 Å². The molecular formula is C14H13N5O. The van der Waals surface area contributed by atoms with Crippen LogP contribution in [-0.4, -0.2) is 29.0 Å². The average molecular weight is 267 g/mol. The minimum Gasteiger partial charge on any atom is -0.352 e. The van der Waals surface area contributed by atoms with E-state index in [9.17, 15) is 4.79 Å². The Bertz CT molecular complexity index is 621. The standard InChI is InChI=1S/C14H13N5O/c15-10-11-3-1-4-12(9-11)13(20)16-7-8-19-14-17-5-2-6-18-14/h1-6,9H,7-8H2,(H,16,20)(H,17,18,19). The molecule has 0 aliphatic rings. The van der Waals surface area contributed by atoms with Crippen molar-refractivity contribution in [1.82, 2.24) is 15.3 Å². The molecule has 6 nitrogen and oxygen atoms in total. The second-order valence-electron chi connectivity index (χ2n) is 3.95. The van der Waals surface area contributed by atoms with E-state index in [2.05, 4.69) is 20.6 Å². The summed E-state index contributed by atoms with van der Waals surface area (Å²) >= 11 is 0. The molecule has 2 aromatic rings. The Labute approximate surface area is 116 Å². The Morgan fingerprint density at radius 3 is 2.75 bits per heavy atom. The molecule has 1 aromatic carbocycles. The smallest absolute Gasteiger partial charge is 0.251 e. The van der Waals surface area contributed by atoms with Gasteiger partial charge in [-0.05, 0) is 24.3 Å². The molecule has 2 rings (SSSR count). The Balaban J connectivity index is 1.79. The zero-order chi connectivity index (χ0) is 14.2. The van der Waals surface area contributed by atoms with Gasteiger partial charge in [0.05, 0.1) is 11.6 Å². The number of hydrogen-bond acceptors (Lipinski definition) is 5. The summed E-state index contributed by atoms with van der Waals surface area (Å²) in [6, 6.07) is 10.3. The third-order valence-corrected chi connectivity index (χ3v) is 2.51. The van der Waals surface area contributed by atoms with Crippen molar-refractivity contribution < 1.29 is 4.79 Å². The van der Waals surface area contributed by atoms with Gasteiger partial charge in [0.1, 0.15) is 0 Å². The van der Waals surface area contributed by atoms with E-state index in [4.69, 9.17) is 5.26 Å². The lowest BCUT2D eigenvalue weighted by atomic mass is 10.1. The van der Waals surface area contributed by atoms with Gasteiger partial charge in [-0.1, -0.05) is 6.07 Å². The fraction of sp³-hybridized carbons (Fsp3) is 0.143. The fourth-order valence-corrected chi connectivity index (χ4v) is 1.57. The topological polar surface area (TPSA) is 90.7 Å². The van der Waals surface area contributed by atoms with Gasteiger partial charge in [0.25, 0.3) is 5.91 Å². The zero-order valence-corrected chi connectivity index (χ0v) is 10.7. The number of amides is 1. The molecule has 0 saturated carbocycles. The van der Waals surface area contributed by atoms with Crippen LogP contribution in [0.5, 0.6) is 0 Å². The third kappa shape index (κ3) is 3.78. The molecule has 0 aliphatic carbocycles. The van der Waals surface area contributed by atoms with Gasteiger partial charge >= 0.3 is 0 Å². The van der Waals surface area contributed by atoms with Crippen LogP contribution in [0.1, 0.15) is 15.9 Å². The quantitative estimate of drug-likeness (QED) is 0.794. The highest BCUT2D eigenvalue weighted by molar-refractivity contribution is 5.94. The van der Waals surface area contributed by atoms with Crippen molar-refractivity contribution in [2.45, 2.75) is 0 Å². The van der Waals surface area contributed by atoms with Crippen LogP contribution in [0.3, 0.4) is 0 Å². The number of carbonyl (C=O) groups is 1. The molecule has 1 amide bonds. The van der Waals surface area contributed by atoms with Crippen LogP contribution < -0.4 is 10.6 Å². The number of nitrogens with one attached hydrogen (secondary N) is 2. The molecule has 20 heavy (non-hydrogen) atoms. The second kappa shape index (κ2) is 6.85. The molecule has 100 valence electrons. The normalized spacial score (nSPS) is 9.55. The van der Waals surface area contributed by atoms with E-state index in [0.717, 1.165) is 0 Å². The summed E-state index contributed by atoms with van der Waals surface area (Å²) in [4.78, 5) is 19.9. The molecule has 1 heterocycles. The first kappa shape index (κ1) is 13.5. The maximum absolute atomic E-state index is 11.8. The maximum Gasteiger partial charge on any atom is 0.251 e. The molecule has 0 unspecified atom stereocenters. The summed E-state index contributed by atoms with van der Waals surface area (Å²) in [6.45, 7) is 0.960. The summed E-state index contributed by atoms with van der Waals surface area (Å²) in [5.41, 5.74) is 0.938. The maximum atomic E-state index is 11.8. The van der Waals surface area contributed by atoms with Crippen LogP contribution in [0, 0.1) is 11.3 Å². The Morgan fingerprint density at radius 1 is 1.20 bits per heavy atom. The van der Waals surface area contributed by atoms with E-state index in [1.54, 1.807) is 42.7 Å². The molecule has 0 saturated heterocycles. The number of nitrogens with zero attached hydrogens (tertiary/aromatic N) is 3. The van der Waals surface area contributed by atoms with Crippen molar-refractivity contribution in [2.24, 2.45) is 0 Å². The second-order valence-corrected chi connectivity index (χ2v) is 3.95. The van der Waals surface area contributed by atoms with Crippen LogP contribution in [0.25, 0.3) is 0 Å². The fourth-order valence-electron chi connectivity index (χ4n) is 1.57. The molecule has 0 bridgehead atoms. The summed E-state index contributed by atoms with van der Waals surface area (Å²) < 4.78 is 0. The van der Waals surface area contributed by atoms with Gasteiger partial charge in [0.2, 0.25) is 5.95 Å². The number of carbonyl (C=O) groups excluding carboxylic acids is 1. The molecule has 0 atom stereocenters. The van der Waals surface area contributed by atoms with Crippen molar-refractivity contribution in [2.75, 3.05) is 18.4 Å². The van der Waals surface area contributed by atoms with Crippen LogP contribution in [0.15, 0.2) is 42.7 Å². The monoisotopic (exact) mass is 267 g/mol. The van der Waals surface area contributed by atoms with E-state index < -0.39 is 0 Å². The van der Waals surface area contributed by atoms with Crippen molar-refractivity contribution in [3.63, 3.8) is 0 Å². The van der Waals surface area contributed by atoms with Crippen molar-refractivity contribution in [1.29, 1.82) is 5.26 Å². The minimum absolute atomic E-state index is 0.210. The first-order chi connectivity index (χ1) is 9.79. The number of aromatic nitrogens is 2. The van der Waals surface area contributed by atoms with Crippen molar-refractivity contribution >= 4 is 11.9 Å². The Hall–Kier alpha value is -2.94. The van der Waals surface area contributed by atoms with E-state index in [-0.39, 0.29) is 5.91 Å². The molecule has 1 aromatic heterocycles.